The summed E-state index contributed by atoms with van der Waals surface area (Å²) in [7, 11) is -3.32. The molecular weight excluding hydrogens is 226 g/mol. The van der Waals surface area contributed by atoms with Crippen LogP contribution in [0.25, 0.3) is 0 Å². The molecule has 0 atom stereocenters. The maximum Gasteiger partial charge on any atom is 0.345 e. The predicted molar refractivity (Wildman–Crippen MR) is 54.4 cm³/mol. The maximum atomic E-state index is 11.1. The van der Waals surface area contributed by atoms with E-state index in [9.17, 15) is 13.2 Å². The second-order valence-electron chi connectivity index (χ2n) is 2.47. The maximum absolute atomic E-state index is 11.1. The van der Waals surface area contributed by atoms with Gasteiger partial charge in [0.25, 0.3) is 0 Å². The molecule has 1 aromatic heterocycles. The number of rotatable bonds is 4. The van der Waals surface area contributed by atoms with Crippen LogP contribution >= 0.6 is 11.3 Å². The number of nitrogens with one attached hydrogen (secondary N) is 1. The third-order valence-electron chi connectivity index (χ3n) is 1.45. The summed E-state index contributed by atoms with van der Waals surface area (Å²) in [6.45, 7) is 1.51. The summed E-state index contributed by atoms with van der Waals surface area (Å²) in [4.78, 5) is 10.6. The molecule has 0 saturated carbocycles. The number of carbonyl (C=O) groups is 1. The molecule has 5 nitrogen and oxygen atoms in total. The first-order valence-electron chi connectivity index (χ1n) is 3.78. The molecule has 7 heteroatoms. The molecule has 2 N–H and O–H groups in total. The van der Waals surface area contributed by atoms with Crippen LogP contribution in [0.15, 0.2) is 12.1 Å². The Balaban J connectivity index is 2.84. The van der Waals surface area contributed by atoms with Gasteiger partial charge in [0, 0.05) is 0 Å². The molecule has 1 heterocycles. The van der Waals surface area contributed by atoms with E-state index in [1.807, 2.05) is 0 Å². The van der Waals surface area contributed by atoms with Crippen LogP contribution in [-0.4, -0.2) is 25.2 Å². The molecular formula is C7H9NO4S2. The highest BCUT2D eigenvalue weighted by Crippen LogP contribution is 2.22. The fourth-order valence-corrected chi connectivity index (χ4v) is 2.40. The summed E-state index contributed by atoms with van der Waals surface area (Å²) in [5.74, 6) is -1.09. The van der Waals surface area contributed by atoms with Crippen molar-refractivity contribution >= 4 is 32.3 Å². The van der Waals surface area contributed by atoms with Crippen molar-refractivity contribution in [2.24, 2.45) is 0 Å². The van der Waals surface area contributed by atoms with E-state index in [1.54, 1.807) is 0 Å². The minimum Gasteiger partial charge on any atom is -0.477 e. The molecule has 0 aliphatic heterocycles. The van der Waals surface area contributed by atoms with Crippen LogP contribution in [0.1, 0.15) is 16.6 Å². The van der Waals surface area contributed by atoms with E-state index in [-0.39, 0.29) is 10.6 Å². The van der Waals surface area contributed by atoms with Gasteiger partial charge in [-0.05, 0) is 19.1 Å². The molecule has 0 aliphatic rings. The van der Waals surface area contributed by atoms with Crippen molar-refractivity contribution in [1.82, 2.24) is 0 Å². The van der Waals surface area contributed by atoms with Crippen LogP contribution in [0.3, 0.4) is 0 Å². The molecule has 78 valence electrons. The molecule has 1 rings (SSSR count). The first kappa shape index (κ1) is 11.0. The Kier molecular flexibility index (Phi) is 3.12. The fourth-order valence-electron chi connectivity index (χ4n) is 0.733. The lowest BCUT2D eigenvalue weighted by Crippen LogP contribution is -2.13. The zero-order valence-corrected chi connectivity index (χ0v) is 8.98. The molecule has 0 aliphatic carbocycles. The van der Waals surface area contributed by atoms with E-state index in [0.717, 1.165) is 11.3 Å². The Morgan fingerprint density at radius 1 is 1.57 bits per heavy atom. The van der Waals surface area contributed by atoms with Gasteiger partial charge >= 0.3 is 5.97 Å². The monoisotopic (exact) mass is 235 g/mol. The van der Waals surface area contributed by atoms with Gasteiger partial charge in [0.05, 0.1) is 5.75 Å². The highest BCUT2D eigenvalue weighted by Gasteiger charge is 2.11. The van der Waals surface area contributed by atoms with E-state index in [2.05, 4.69) is 4.72 Å². The van der Waals surface area contributed by atoms with Crippen LogP contribution in [0, 0.1) is 0 Å². The van der Waals surface area contributed by atoms with Crippen molar-refractivity contribution in [3.05, 3.63) is 17.0 Å². The first-order chi connectivity index (χ1) is 6.44. The Bertz CT molecular complexity index is 434. The third kappa shape index (κ3) is 2.71. The van der Waals surface area contributed by atoms with E-state index in [0.29, 0.717) is 5.00 Å². The quantitative estimate of drug-likeness (QED) is 0.821. The number of aromatic carboxylic acids is 1. The first-order valence-corrected chi connectivity index (χ1v) is 6.25. The second-order valence-corrected chi connectivity index (χ2v) is 5.57. The van der Waals surface area contributed by atoms with Gasteiger partial charge in [-0.1, -0.05) is 0 Å². The van der Waals surface area contributed by atoms with E-state index >= 15 is 0 Å². The van der Waals surface area contributed by atoms with Crippen LogP contribution in [0.4, 0.5) is 5.00 Å². The van der Waals surface area contributed by atoms with Crippen molar-refractivity contribution in [1.29, 1.82) is 0 Å². The molecule has 0 fully saturated rings. The molecule has 14 heavy (non-hydrogen) atoms. The Morgan fingerprint density at radius 2 is 2.21 bits per heavy atom. The standard InChI is InChI=1S/C7H9NO4S2/c1-2-14(11,12)8-6-4-3-5(13-6)7(9)10/h3-4,8H,2H2,1H3,(H,9,10). The van der Waals surface area contributed by atoms with Crippen LogP contribution in [-0.2, 0) is 10.0 Å². The Labute approximate surface area is 85.4 Å². The average Bonchev–Trinajstić information content (AvgIpc) is 2.52. The zero-order chi connectivity index (χ0) is 10.8. The molecule has 0 spiro atoms. The lowest BCUT2D eigenvalue weighted by atomic mass is 10.5. The van der Waals surface area contributed by atoms with E-state index < -0.39 is 16.0 Å². The topological polar surface area (TPSA) is 83.5 Å². The van der Waals surface area contributed by atoms with Crippen molar-refractivity contribution in [2.45, 2.75) is 6.92 Å². The summed E-state index contributed by atoms with van der Waals surface area (Å²) < 4.78 is 24.5. The Morgan fingerprint density at radius 3 is 2.64 bits per heavy atom. The zero-order valence-electron chi connectivity index (χ0n) is 7.35. The van der Waals surface area contributed by atoms with Gasteiger partial charge in [0.2, 0.25) is 10.0 Å². The smallest absolute Gasteiger partial charge is 0.345 e. The third-order valence-corrected chi connectivity index (χ3v) is 3.86. The van der Waals surface area contributed by atoms with Gasteiger partial charge in [-0.25, -0.2) is 13.2 Å². The number of anilines is 1. The number of sulfonamides is 1. The number of hydrogen-bond donors (Lipinski definition) is 2. The molecule has 0 unspecified atom stereocenters. The van der Waals surface area contributed by atoms with Crippen LogP contribution in [0.5, 0.6) is 0 Å². The fraction of sp³-hybridized carbons (Fsp3) is 0.286. The van der Waals surface area contributed by atoms with Crippen molar-refractivity contribution in [3.8, 4) is 0 Å². The number of hydrogen-bond acceptors (Lipinski definition) is 4. The van der Waals surface area contributed by atoms with Gasteiger partial charge < -0.3 is 5.11 Å². The molecule has 0 amide bonds. The number of carboxylic acids is 1. The molecule has 1 aromatic rings. The Hall–Kier alpha value is -1.08. The minimum absolute atomic E-state index is 0.0344. The van der Waals surface area contributed by atoms with Gasteiger partial charge in [-0.2, -0.15) is 0 Å². The van der Waals surface area contributed by atoms with Gasteiger partial charge in [-0.3, -0.25) is 4.72 Å². The average molecular weight is 235 g/mol. The second kappa shape index (κ2) is 3.97. The number of thiophene rings is 1. The number of carboxylic acid groups (broad SMARTS) is 1. The van der Waals surface area contributed by atoms with Gasteiger partial charge in [0.15, 0.2) is 0 Å². The van der Waals surface area contributed by atoms with Crippen molar-refractivity contribution < 1.29 is 18.3 Å². The van der Waals surface area contributed by atoms with Crippen molar-refractivity contribution in [3.63, 3.8) is 0 Å². The minimum atomic E-state index is -3.32. The summed E-state index contributed by atoms with van der Waals surface area (Å²) in [5.41, 5.74) is 0. The van der Waals surface area contributed by atoms with Gasteiger partial charge in [-0.15, -0.1) is 11.3 Å². The highest BCUT2D eigenvalue weighted by molar-refractivity contribution is 7.92. The lowest BCUT2D eigenvalue weighted by Gasteiger charge is -2.00. The summed E-state index contributed by atoms with van der Waals surface area (Å²) in [6, 6.07) is 2.79. The van der Waals surface area contributed by atoms with E-state index in [4.69, 9.17) is 5.11 Å². The van der Waals surface area contributed by atoms with Crippen LogP contribution in [0.2, 0.25) is 0 Å². The van der Waals surface area contributed by atoms with E-state index in [1.165, 1.54) is 19.1 Å². The molecule has 0 saturated heterocycles. The normalized spacial score (nSPS) is 11.2. The summed E-state index contributed by atoms with van der Waals surface area (Å²) in [6.07, 6.45) is 0. The summed E-state index contributed by atoms with van der Waals surface area (Å²) >= 11 is 0.893. The largest absolute Gasteiger partial charge is 0.477 e. The molecule has 0 bridgehead atoms. The predicted octanol–water partition coefficient (Wildman–Crippen LogP) is 1.21. The molecule has 0 radical (unpaired) electrons. The summed E-state index contributed by atoms with van der Waals surface area (Å²) in [5, 5.41) is 8.91. The lowest BCUT2D eigenvalue weighted by molar-refractivity contribution is 0.0702. The van der Waals surface area contributed by atoms with Crippen molar-refractivity contribution in [2.75, 3.05) is 10.5 Å². The SMILES string of the molecule is CCS(=O)(=O)Nc1ccc(C(=O)O)s1. The highest BCUT2D eigenvalue weighted by atomic mass is 32.2. The van der Waals surface area contributed by atoms with Crippen LogP contribution < -0.4 is 4.72 Å². The molecule has 0 aromatic carbocycles. The van der Waals surface area contributed by atoms with Gasteiger partial charge in [0.1, 0.15) is 9.88 Å².